The third-order valence-corrected chi connectivity index (χ3v) is 5.03. The van der Waals surface area contributed by atoms with Crippen LogP contribution in [0.1, 0.15) is 18.9 Å². The lowest BCUT2D eigenvalue weighted by Gasteiger charge is -2.22. The predicted octanol–water partition coefficient (Wildman–Crippen LogP) is 3.27. The van der Waals surface area contributed by atoms with Gasteiger partial charge in [0.2, 0.25) is 0 Å². The van der Waals surface area contributed by atoms with Gasteiger partial charge < -0.3 is 15.7 Å². The highest BCUT2D eigenvalue weighted by Crippen LogP contribution is 2.25. The Balaban J connectivity index is 1.65. The van der Waals surface area contributed by atoms with Crippen molar-refractivity contribution in [3.63, 3.8) is 0 Å². The van der Waals surface area contributed by atoms with E-state index < -0.39 is 29.3 Å². The minimum atomic E-state index is -1.27. The molecule has 0 bridgehead atoms. The van der Waals surface area contributed by atoms with Gasteiger partial charge in [0.15, 0.2) is 0 Å². The van der Waals surface area contributed by atoms with Gasteiger partial charge in [-0.2, -0.15) is 5.01 Å². The number of urea groups is 2. The Bertz CT molecular complexity index is 986. The van der Waals surface area contributed by atoms with Crippen LogP contribution in [0, 0.1) is 5.82 Å². The lowest BCUT2D eigenvalue weighted by atomic mass is 9.93. The molecule has 1 aliphatic heterocycles. The van der Waals surface area contributed by atoms with Crippen molar-refractivity contribution in [3.8, 4) is 5.75 Å². The summed E-state index contributed by atoms with van der Waals surface area (Å²) in [6.45, 7) is 1.53. The van der Waals surface area contributed by atoms with E-state index in [9.17, 15) is 23.9 Å². The van der Waals surface area contributed by atoms with Gasteiger partial charge in [-0.1, -0.05) is 34.1 Å². The Kier molecular flexibility index (Phi) is 5.73. The minimum Gasteiger partial charge on any atom is -0.508 e. The number of hydrazine groups is 1. The highest BCUT2D eigenvalue weighted by Gasteiger charge is 2.48. The maximum Gasteiger partial charge on any atom is 0.344 e. The molecule has 4 N–H and O–H groups in total. The number of carbonyl (C=O) groups is 3. The number of amides is 5. The number of carbonyl (C=O) groups excluding carboxylic acids is 3. The van der Waals surface area contributed by atoms with Crippen LogP contribution in [0.2, 0.25) is 0 Å². The molecule has 2 aromatic rings. The molecule has 10 heteroatoms. The van der Waals surface area contributed by atoms with Crippen molar-refractivity contribution < 1.29 is 23.9 Å². The van der Waals surface area contributed by atoms with Crippen molar-refractivity contribution in [2.24, 2.45) is 0 Å². The zero-order valence-corrected chi connectivity index (χ0v) is 16.9. The lowest BCUT2D eigenvalue weighted by molar-refractivity contribution is -0.132. The summed E-state index contributed by atoms with van der Waals surface area (Å²) in [7, 11) is 0. The van der Waals surface area contributed by atoms with Gasteiger partial charge >= 0.3 is 12.1 Å². The van der Waals surface area contributed by atoms with Gasteiger partial charge in [0.05, 0.1) is 5.69 Å². The summed E-state index contributed by atoms with van der Waals surface area (Å²) in [6, 6.07) is 8.97. The summed E-state index contributed by atoms with van der Waals surface area (Å²) in [5.41, 5.74) is 1.38. The number of rotatable bonds is 5. The van der Waals surface area contributed by atoms with Crippen molar-refractivity contribution in [1.29, 1.82) is 0 Å². The van der Waals surface area contributed by atoms with Crippen LogP contribution in [-0.2, 0) is 11.2 Å². The van der Waals surface area contributed by atoms with E-state index in [0.717, 1.165) is 0 Å². The van der Waals surface area contributed by atoms with Crippen LogP contribution in [0.5, 0.6) is 5.75 Å². The van der Waals surface area contributed by atoms with E-state index in [0.29, 0.717) is 21.5 Å². The number of phenolic OH excluding ortho intramolecular Hbond substituents is 1. The lowest BCUT2D eigenvalue weighted by Crippen LogP contribution is -2.50. The summed E-state index contributed by atoms with van der Waals surface area (Å²) >= 11 is 3.11. The Morgan fingerprint density at radius 3 is 2.69 bits per heavy atom. The fraction of sp³-hybridized carbons (Fsp3) is 0.211. The Morgan fingerprint density at radius 1 is 1.28 bits per heavy atom. The first kappa shape index (κ1) is 20.6. The predicted molar refractivity (Wildman–Crippen MR) is 106 cm³/mol. The number of hydrogen-bond acceptors (Lipinski definition) is 4. The monoisotopic (exact) mass is 464 g/mol. The molecular formula is C19H18BrFN4O4. The fourth-order valence-corrected chi connectivity index (χ4v) is 3.24. The van der Waals surface area contributed by atoms with Crippen LogP contribution in [0.15, 0.2) is 46.9 Å². The molecule has 1 atom stereocenters. The smallest absolute Gasteiger partial charge is 0.344 e. The number of para-hydroxylation sites is 1. The number of anilines is 1. The molecular weight excluding hydrogens is 447 g/mol. The number of benzene rings is 2. The maximum absolute atomic E-state index is 13.8. The summed E-state index contributed by atoms with van der Waals surface area (Å²) in [5.74, 6) is -1.25. The van der Waals surface area contributed by atoms with Gasteiger partial charge in [-0.05, 0) is 49.6 Å². The normalized spacial score (nSPS) is 18.5. The Morgan fingerprint density at radius 2 is 2.00 bits per heavy atom. The zero-order chi connectivity index (χ0) is 21.2. The number of hydrogen-bond donors (Lipinski definition) is 4. The topological polar surface area (TPSA) is 111 Å². The van der Waals surface area contributed by atoms with E-state index in [1.54, 1.807) is 18.2 Å². The maximum atomic E-state index is 13.8. The molecule has 5 amide bonds. The molecule has 0 spiro atoms. The quantitative estimate of drug-likeness (QED) is 0.508. The highest BCUT2D eigenvalue weighted by molar-refractivity contribution is 9.10. The van der Waals surface area contributed by atoms with Gasteiger partial charge in [-0.15, -0.1) is 0 Å². The number of imide groups is 1. The molecule has 1 heterocycles. The Labute approximate surface area is 174 Å². The van der Waals surface area contributed by atoms with Crippen molar-refractivity contribution in [3.05, 3.63) is 58.3 Å². The van der Waals surface area contributed by atoms with Crippen LogP contribution in [0.3, 0.4) is 0 Å². The van der Waals surface area contributed by atoms with E-state index >= 15 is 0 Å². The highest BCUT2D eigenvalue weighted by atomic mass is 79.9. The summed E-state index contributed by atoms with van der Waals surface area (Å²) in [4.78, 5) is 37.0. The number of halogens is 2. The van der Waals surface area contributed by atoms with Gasteiger partial charge in [-0.25, -0.2) is 19.4 Å². The molecule has 1 unspecified atom stereocenters. The van der Waals surface area contributed by atoms with Crippen LogP contribution in [0.4, 0.5) is 19.7 Å². The fourth-order valence-electron chi connectivity index (χ4n) is 2.90. The summed E-state index contributed by atoms with van der Waals surface area (Å²) < 4.78 is 14.3. The first-order valence-electron chi connectivity index (χ1n) is 8.66. The molecule has 0 saturated carbocycles. The van der Waals surface area contributed by atoms with Crippen molar-refractivity contribution in [2.45, 2.75) is 25.3 Å². The average Bonchev–Trinajstić information content (AvgIpc) is 2.87. The summed E-state index contributed by atoms with van der Waals surface area (Å²) in [5, 5.41) is 15.2. The second-order valence-electron chi connectivity index (χ2n) is 6.72. The van der Waals surface area contributed by atoms with Crippen LogP contribution in [0.25, 0.3) is 0 Å². The van der Waals surface area contributed by atoms with Gasteiger partial charge in [0.25, 0.3) is 5.91 Å². The first-order valence-corrected chi connectivity index (χ1v) is 9.45. The van der Waals surface area contributed by atoms with Crippen molar-refractivity contribution >= 4 is 39.6 Å². The molecule has 29 heavy (non-hydrogen) atoms. The molecule has 1 saturated heterocycles. The molecule has 3 rings (SSSR count). The van der Waals surface area contributed by atoms with E-state index in [1.807, 2.05) is 0 Å². The number of nitrogens with zero attached hydrogens (tertiary/aromatic N) is 1. The average molecular weight is 465 g/mol. The second kappa shape index (κ2) is 8.08. The van der Waals surface area contributed by atoms with Crippen LogP contribution < -0.4 is 16.1 Å². The number of aryl methyl sites for hydroxylation is 1. The molecule has 2 aromatic carbocycles. The van der Waals surface area contributed by atoms with E-state index in [-0.39, 0.29) is 17.9 Å². The standard InChI is InChI=1S/C19H18BrFN4O4/c1-19(9-8-11-4-2-3-5-15(11)26)16(27)25(18(29)23-19)24-17(28)22-14-7-6-12(20)10-13(14)21/h2-7,10,26H,8-9H2,1H3,(H,23,29)(H2,22,24,28). The van der Waals surface area contributed by atoms with Crippen LogP contribution in [-0.4, -0.2) is 33.6 Å². The van der Waals surface area contributed by atoms with Gasteiger partial charge in [0.1, 0.15) is 17.1 Å². The van der Waals surface area contributed by atoms with Crippen LogP contribution >= 0.6 is 15.9 Å². The second-order valence-corrected chi connectivity index (χ2v) is 7.64. The Hall–Kier alpha value is -3.14. The van der Waals surface area contributed by atoms with E-state index in [2.05, 4.69) is 32.0 Å². The molecule has 0 aliphatic carbocycles. The summed E-state index contributed by atoms with van der Waals surface area (Å²) in [6.07, 6.45) is 0.537. The zero-order valence-electron chi connectivity index (χ0n) is 15.3. The van der Waals surface area contributed by atoms with E-state index in [4.69, 9.17) is 0 Å². The first-order chi connectivity index (χ1) is 13.7. The van der Waals surface area contributed by atoms with Crippen molar-refractivity contribution in [2.75, 3.05) is 5.32 Å². The molecule has 152 valence electrons. The van der Waals surface area contributed by atoms with Gasteiger partial charge in [-0.3, -0.25) is 4.79 Å². The van der Waals surface area contributed by atoms with Gasteiger partial charge in [0, 0.05) is 4.47 Å². The largest absolute Gasteiger partial charge is 0.508 e. The van der Waals surface area contributed by atoms with Crippen molar-refractivity contribution in [1.82, 2.24) is 15.8 Å². The number of aromatic hydroxyl groups is 1. The molecule has 0 aromatic heterocycles. The number of nitrogens with one attached hydrogen (secondary N) is 3. The molecule has 0 radical (unpaired) electrons. The molecule has 1 fully saturated rings. The van der Waals surface area contributed by atoms with E-state index in [1.165, 1.54) is 31.2 Å². The molecule has 1 aliphatic rings. The third-order valence-electron chi connectivity index (χ3n) is 4.54. The minimum absolute atomic E-state index is 0.0961. The SMILES string of the molecule is CC1(CCc2ccccc2O)NC(=O)N(NC(=O)Nc2ccc(Br)cc2F)C1=O. The third kappa shape index (κ3) is 4.48. The number of phenols is 1. The molecule has 8 nitrogen and oxygen atoms in total.